The number of hydrogen-bond donors (Lipinski definition) is 0. The summed E-state index contributed by atoms with van der Waals surface area (Å²) in [5.41, 5.74) is -1.04. The minimum Gasteiger partial charge on any atom is -0.391 e. The van der Waals surface area contributed by atoms with Crippen LogP contribution in [0.1, 0.15) is 25.3 Å². The second kappa shape index (κ2) is 6.32. The lowest BCUT2D eigenvalue weighted by atomic mass is 10.2. The summed E-state index contributed by atoms with van der Waals surface area (Å²) in [5.74, 6) is -9.99. The molecule has 0 aliphatic carbocycles. The molecule has 0 amide bonds. The van der Waals surface area contributed by atoms with E-state index in [0.29, 0.717) is 6.42 Å². The lowest BCUT2D eigenvalue weighted by Gasteiger charge is -2.06. The summed E-state index contributed by atoms with van der Waals surface area (Å²) >= 11 is 0. The van der Waals surface area contributed by atoms with Crippen molar-refractivity contribution in [1.82, 2.24) is 0 Å². The molecule has 0 atom stereocenters. The van der Waals surface area contributed by atoms with Crippen LogP contribution in [0.3, 0.4) is 0 Å². The Morgan fingerprint density at radius 1 is 0.944 bits per heavy atom. The van der Waals surface area contributed by atoms with Gasteiger partial charge in [0.25, 0.3) is 0 Å². The van der Waals surface area contributed by atoms with Gasteiger partial charge >= 0.3 is 0 Å². The highest BCUT2D eigenvalue weighted by Gasteiger charge is 2.25. The van der Waals surface area contributed by atoms with Gasteiger partial charge in [0.1, 0.15) is 6.61 Å². The number of halogens is 5. The van der Waals surface area contributed by atoms with Crippen molar-refractivity contribution in [3.63, 3.8) is 0 Å². The smallest absolute Gasteiger partial charge is 0.200 e. The number of nitrogens with zero attached hydrogens (tertiary/aromatic N) is 1. The average molecular weight is 267 g/mol. The Balaban J connectivity index is 2.89. The van der Waals surface area contributed by atoms with E-state index >= 15 is 0 Å². The monoisotopic (exact) mass is 267 g/mol. The van der Waals surface area contributed by atoms with Gasteiger partial charge in [0, 0.05) is 6.21 Å². The fraction of sp³-hybridized carbons (Fsp3) is 0.364. The fourth-order valence-electron chi connectivity index (χ4n) is 1.11. The summed E-state index contributed by atoms with van der Waals surface area (Å²) in [6.07, 6.45) is 2.71. The maximum Gasteiger partial charge on any atom is 0.200 e. The molecule has 0 aliphatic rings. The zero-order chi connectivity index (χ0) is 13.7. The van der Waals surface area contributed by atoms with Gasteiger partial charge in [-0.3, -0.25) is 0 Å². The zero-order valence-corrected chi connectivity index (χ0v) is 9.44. The standard InChI is InChI=1S/C11H10F5NO/c1-2-3-4-17-18-5-6-7(12)9(14)11(16)10(15)8(6)13/h4H,2-3,5H2,1H3/b17-4+. The molecule has 2 nitrogen and oxygen atoms in total. The molecular formula is C11H10F5NO. The number of unbranched alkanes of at least 4 members (excludes halogenated alkanes) is 1. The first-order valence-electron chi connectivity index (χ1n) is 5.14. The second-order valence-electron chi connectivity index (χ2n) is 3.40. The molecule has 0 saturated heterocycles. The number of benzene rings is 1. The molecule has 1 aromatic carbocycles. The first kappa shape index (κ1) is 14.4. The van der Waals surface area contributed by atoms with E-state index in [1.165, 1.54) is 6.21 Å². The van der Waals surface area contributed by atoms with Gasteiger partial charge in [0.2, 0.25) is 5.82 Å². The second-order valence-corrected chi connectivity index (χ2v) is 3.40. The number of oxime groups is 1. The van der Waals surface area contributed by atoms with Crippen LogP contribution >= 0.6 is 0 Å². The van der Waals surface area contributed by atoms with Gasteiger partial charge in [-0.05, 0) is 6.42 Å². The van der Waals surface area contributed by atoms with Gasteiger partial charge < -0.3 is 4.84 Å². The van der Waals surface area contributed by atoms with Crippen molar-refractivity contribution in [2.24, 2.45) is 5.16 Å². The molecule has 0 bridgehead atoms. The molecule has 1 aromatic rings. The molecule has 1 rings (SSSR count). The molecular weight excluding hydrogens is 257 g/mol. The molecule has 100 valence electrons. The molecule has 7 heteroatoms. The molecule has 0 N–H and O–H groups in total. The van der Waals surface area contributed by atoms with Crippen LogP contribution in [0.2, 0.25) is 0 Å². The largest absolute Gasteiger partial charge is 0.391 e. The third kappa shape index (κ3) is 2.96. The SMILES string of the molecule is CCC/C=N/OCc1c(F)c(F)c(F)c(F)c1F. The molecule has 0 fully saturated rings. The summed E-state index contributed by atoms with van der Waals surface area (Å²) in [6, 6.07) is 0. The van der Waals surface area contributed by atoms with E-state index in [1.54, 1.807) is 0 Å². The maximum absolute atomic E-state index is 13.1. The van der Waals surface area contributed by atoms with Crippen molar-refractivity contribution >= 4 is 6.21 Å². The minimum absolute atomic E-state index is 0.580. The quantitative estimate of drug-likeness (QED) is 0.262. The third-order valence-electron chi connectivity index (χ3n) is 2.08. The van der Waals surface area contributed by atoms with Crippen LogP contribution in [0, 0.1) is 29.1 Å². The first-order valence-corrected chi connectivity index (χ1v) is 5.14. The lowest BCUT2D eigenvalue weighted by Crippen LogP contribution is -2.07. The van der Waals surface area contributed by atoms with Crippen molar-refractivity contribution in [1.29, 1.82) is 0 Å². The summed E-state index contributed by atoms with van der Waals surface area (Å²) in [7, 11) is 0. The molecule has 18 heavy (non-hydrogen) atoms. The van der Waals surface area contributed by atoms with Crippen LogP contribution in [0.15, 0.2) is 5.16 Å². The van der Waals surface area contributed by atoms with Crippen LogP contribution in [0.4, 0.5) is 22.0 Å². The summed E-state index contributed by atoms with van der Waals surface area (Å²) in [4.78, 5) is 4.47. The van der Waals surface area contributed by atoms with Gasteiger partial charge in [-0.2, -0.15) is 0 Å². The van der Waals surface area contributed by atoms with E-state index in [0.717, 1.165) is 6.42 Å². The van der Waals surface area contributed by atoms with Crippen molar-refractivity contribution in [3.05, 3.63) is 34.6 Å². The van der Waals surface area contributed by atoms with E-state index in [-0.39, 0.29) is 0 Å². The highest BCUT2D eigenvalue weighted by Crippen LogP contribution is 2.23. The van der Waals surface area contributed by atoms with Crippen LogP contribution in [-0.4, -0.2) is 6.21 Å². The van der Waals surface area contributed by atoms with Crippen LogP contribution in [0.25, 0.3) is 0 Å². The van der Waals surface area contributed by atoms with E-state index in [1.807, 2.05) is 6.92 Å². The van der Waals surface area contributed by atoms with Crippen LogP contribution in [0.5, 0.6) is 0 Å². The van der Waals surface area contributed by atoms with Gasteiger partial charge in [-0.1, -0.05) is 18.5 Å². The Morgan fingerprint density at radius 2 is 1.44 bits per heavy atom. The molecule has 0 unspecified atom stereocenters. The Labute approximate surface area is 100 Å². The van der Waals surface area contributed by atoms with E-state index < -0.39 is 41.3 Å². The Kier molecular flexibility index (Phi) is 5.06. The first-order chi connectivity index (χ1) is 8.50. The Morgan fingerprint density at radius 3 is 1.94 bits per heavy atom. The maximum atomic E-state index is 13.1. The molecule has 0 aliphatic heterocycles. The lowest BCUT2D eigenvalue weighted by molar-refractivity contribution is 0.124. The summed E-state index contributed by atoms with van der Waals surface area (Å²) < 4.78 is 64.5. The normalized spacial score (nSPS) is 11.2. The fourth-order valence-corrected chi connectivity index (χ4v) is 1.11. The predicted molar refractivity (Wildman–Crippen MR) is 54.4 cm³/mol. The van der Waals surface area contributed by atoms with Crippen LogP contribution in [-0.2, 0) is 11.4 Å². The minimum atomic E-state index is -2.19. The van der Waals surface area contributed by atoms with Crippen molar-refractivity contribution in [2.75, 3.05) is 0 Å². The van der Waals surface area contributed by atoms with Crippen molar-refractivity contribution in [3.8, 4) is 0 Å². The molecule has 0 aromatic heterocycles. The zero-order valence-electron chi connectivity index (χ0n) is 9.44. The molecule has 0 saturated carbocycles. The Bertz CT molecular complexity index is 432. The average Bonchev–Trinajstić information content (AvgIpc) is 2.37. The topological polar surface area (TPSA) is 21.6 Å². The summed E-state index contributed by atoms with van der Waals surface area (Å²) in [6.45, 7) is 1.04. The van der Waals surface area contributed by atoms with Gasteiger partial charge in [-0.15, -0.1) is 0 Å². The molecule has 0 heterocycles. The van der Waals surface area contributed by atoms with Crippen molar-refractivity contribution < 1.29 is 26.8 Å². The van der Waals surface area contributed by atoms with Gasteiger partial charge in [0.15, 0.2) is 23.3 Å². The van der Waals surface area contributed by atoms with Crippen LogP contribution < -0.4 is 0 Å². The Hall–Kier alpha value is -1.66. The molecule has 0 spiro atoms. The number of rotatable bonds is 5. The molecule has 0 radical (unpaired) electrons. The highest BCUT2D eigenvalue weighted by molar-refractivity contribution is 5.55. The third-order valence-corrected chi connectivity index (χ3v) is 2.08. The van der Waals surface area contributed by atoms with E-state index in [2.05, 4.69) is 9.99 Å². The highest BCUT2D eigenvalue weighted by atomic mass is 19.2. The van der Waals surface area contributed by atoms with Gasteiger partial charge in [0.05, 0.1) is 5.56 Å². The predicted octanol–water partition coefficient (Wildman–Crippen LogP) is 3.68. The van der Waals surface area contributed by atoms with Gasteiger partial charge in [-0.25, -0.2) is 22.0 Å². The van der Waals surface area contributed by atoms with E-state index in [9.17, 15) is 22.0 Å². The number of hydrogen-bond acceptors (Lipinski definition) is 2. The summed E-state index contributed by atoms with van der Waals surface area (Å²) in [5, 5.41) is 3.32. The van der Waals surface area contributed by atoms with Crippen molar-refractivity contribution in [2.45, 2.75) is 26.4 Å². The van der Waals surface area contributed by atoms with E-state index in [4.69, 9.17) is 0 Å².